The van der Waals surface area contributed by atoms with Crippen LogP contribution in [0.3, 0.4) is 0 Å². The highest BCUT2D eigenvalue weighted by atomic mass is 35.5. The molecule has 0 saturated carbocycles. The number of piperidine rings is 1. The Morgan fingerprint density at radius 1 is 1.27 bits per heavy atom. The molecule has 3 N–H and O–H groups in total. The average molecular weight is 234 g/mol. The number of hydrogen-bond acceptors (Lipinski definition) is 3. The van der Waals surface area contributed by atoms with Crippen LogP contribution >= 0.6 is 12.4 Å². The summed E-state index contributed by atoms with van der Waals surface area (Å²) in [5.41, 5.74) is 6.02. The molecule has 4 heteroatoms. The third kappa shape index (κ3) is 3.31. The molecule has 0 aromatic heterocycles. The first kappa shape index (κ1) is 13.2. The Bertz CT molecular complexity index is 183. The zero-order valence-corrected chi connectivity index (χ0v) is 10.4. The van der Waals surface area contributed by atoms with E-state index in [-0.39, 0.29) is 12.4 Å². The van der Waals surface area contributed by atoms with E-state index in [1.54, 1.807) is 0 Å². The molecular formula is C11H24ClN3. The van der Waals surface area contributed by atoms with Crippen LogP contribution in [0.1, 0.15) is 26.2 Å². The molecule has 2 heterocycles. The van der Waals surface area contributed by atoms with E-state index in [0.29, 0.717) is 12.1 Å². The summed E-state index contributed by atoms with van der Waals surface area (Å²) in [7, 11) is 0. The summed E-state index contributed by atoms with van der Waals surface area (Å²) in [5, 5.41) is 3.42. The summed E-state index contributed by atoms with van der Waals surface area (Å²) in [5.74, 6) is 0.906. The lowest BCUT2D eigenvalue weighted by molar-refractivity contribution is 0.196. The van der Waals surface area contributed by atoms with Crippen molar-refractivity contribution in [3.8, 4) is 0 Å². The highest BCUT2D eigenvalue weighted by Crippen LogP contribution is 2.20. The van der Waals surface area contributed by atoms with Gasteiger partial charge in [0.2, 0.25) is 0 Å². The molecule has 0 spiro atoms. The second kappa shape index (κ2) is 6.04. The molecule has 3 nitrogen and oxygen atoms in total. The fourth-order valence-corrected chi connectivity index (χ4v) is 2.68. The normalized spacial score (nSPS) is 34.0. The van der Waals surface area contributed by atoms with Crippen LogP contribution in [0.5, 0.6) is 0 Å². The number of nitrogens with two attached hydrogens (primary N) is 1. The smallest absolute Gasteiger partial charge is 0.0219 e. The lowest BCUT2D eigenvalue weighted by atomic mass is 9.97. The van der Waals surface area contributed by atoms with Gasteiger partial charge in [-0.3, -0.25) is 4.90 Å². The molecule has 2 saturated heterocycles. The van der Waals surface area contributed by atoms with E-state index in [1.807, 2.05) is 0 Å². The highest BCUT2D eigenvalue weighted by molar-refractivity contribution is 5.85. The molecule has 90 valence electrons. The Kier molecular flexibility index (Phi) is 5.33. The van der Waals surface area contributed by atoms with Gasteiger partial charge in [-0.05, 0) is 45.2 Å². The molecule has 0 radical (unpaired) electrons. The van der Waals surface area contributed by atoms with Crippen LogP contribution in [-0.4, -0.2) is 43.2 Å². The van der Waals surface area contributed by atoms with E-state index in [9.17, 15) is 0 Å². The Morgan fingerprint density at radius 2 is 1.93 bits per heavy atom. The Hall–Kier alpha value is 0.170. The molecule has 2 rings (SSSR count). The van der Waals surface area contributed by atoms with Gasteiger partial charge in [-0.15, -0.1) is 12.4 Å². The van der Waals surface area contributed by atoms with Crippen molar-refractivity contribution >= 4 is 12.4 Å². The summed E-state index contributed by atoms with van der Waals surface area (Å²) in [6.07, 6.45) is 3.88. The Balaban J connectivity index is 0.00000112. The second-order valence-electron chi connectivity index (χ2n) is 4.88. The predicted molar refractivity (Wildman–Crippen MR) is 66.5 cm³/mol. The van der Waals surface area contributed by atoms with Crippen LogP contribution in [0.2, 0.25) is 0 Å². The van der Waals surface area contributed by atoms with Crippen molar-refractivity contribution in [2.75, 3.05) is 26.2 Å². The van der Waals surface area contributed by atoms with Gasteiger partial charge < -0.3 is 11.1 Å². The van der Waals surface area contributed by atoms with Crippen LogP contribution in [0, 0.1) is 5.92 Å². The number of nitrogens with zero attached hydrogens (tertiary/aromatic N) is 1. The molecule has 2 aliphatic heterocycles. The lowest BCUT2D eigenvalue weighted by Gasteiger charge is -2.30. The van der Waals surface area contributed by atoms with Gasteiger partial charge in [-0.2, -0.15) is 0 Å². The lowest BCUT2D eigenvalue weighted by Crippen LogP contribution is -2.41. The topological polar surface area (TPSA) is 41.3 Å². The maximum atomic E-state index is 6.02. The van der Waals surface area contributed by atoms with Crippen molar-refractivity contribution in [2.24, 2.45) is 11.7 Å². The van der Waals surface area contributed by atoms with Crippen LogP contribution in [0.25, 0.3) is 0 Å². The van der Waals surface area contributed by atoms with Gasteiger partial charge in [-0.25, -0.2) is 0 Å². The average Bonchev–Trinajstić information content (AvgIpc) is 2.52. The van der Waals surface area contributed by atoms with Gasteiger partial charge in [0, 0.05) is 25.2 Å². The summed E-state index contributed by atoms with van der Waals surface area (Å²) in [4.78, 5) is 2.58. The predicted octanol–water partition coefficient (Wildman–Crippen LogP) is 0.829. The van der Waals surface area contributed by atoms with E-state index in [0.717, 1.165) is 5.92 Å². The molecule has 2 fully saturated rings. The van der Waals surface area contributed by atoms with Crippen LogP contribution < -0.4 is 11.1 Å². The quantitative estimate of drug-likeness (QED) is 0.743. The molecule has 15 heavy (non-hydrogen) atoms. The van der Waals surface area contributed by atoms with Crippen molar-refractivity contribution in [3.05, 3.63) is 0 Å². The fourth-order valence-electron chi connectivity index (χ4n) is 2.68. The van der Waals surface area contributed by atoms with Gasteiger partial charge in [0.1, 0.15) is 0 Å². The minimum absolute atomic E-state index is 0. The Labute approximate surface area is 99.2 Å². The van der Waals surface area contributed by atoms with E-state index in [1.165, 1.54) is 45.4 Å². The van der Waals surface area contributed by atoms with Gasteiger partial charge in [-0.1, -0.05) is 0 Å². The molecule has 0 aliphatic carbocycles. The molecule has 0 aromatic rings. The maximum absolute atomic E-state index is 6.02. The number of likely N-dealkylation sites (tertiary alicyclic amines) is 1. The SMILES string of the molecule is CC1C(N)CCN1CC1CCNCC1.Cl. The minimum atomic E-state index is 0. The van der Waals surface area contributed by atoms with E-state index < -0.39 is 0 Å². The maximum Gasteiger partial charge on any atom is 0.0219 e. The van der Waals surface area contributed by atoms with Crippen molar-refractivity contribution in [1.82, 2.24) is 10.2 Å². The van der Waals surface area contributed by atoms with Crippen molar-refractivity contribution in [1.29, 1.82) is 0 Å². The zero-order chi connectivity index (χ0) is 9.97. The van der Waals surface area contributed by atoms with Crippen LogP contribution in [0.15, 0.2) is 0 Å². The second-order valence-corrected chi connectivity index (χ2v) is 4.88. The third-order valence-corrected chi connectivity index (χ3v) is 3.90. The first-order chi connectivity index (χ1) is 6.77. The monoisotopic (exact) mass is 233 g/mol. The fraction of sp³-hybridized carbons (Fsp3) is 1.00. The van der Waals surface area contributed by atoms with Gasteiger partial charge >= 0.3 is 0 Å². The van der Waals surface area contributed by atoms with E-state index >= 15 is 0 Å². The largest absolute Gasteiger partial charge is 0.326 e. The number of rotatable bonds is 2. The molecule has 0 aromatic carbocycles. The number of nitrogens with one attached hydrogen (secondary N) is 1. The van der Waals surface area contributed by atoms with Gasteiger partial charge in [0.25, 0.3) is 0 Å². The zero-order valence-electron chi connectivity index (χ0n) is 9.61. The number of hydrogen-bond donors (Lipinski definition) is 2. The summed E-state index contributed by atoms with van der Waals surface area (Å²) in [6, 6.07) is 1.02. The molecule has 0 bridgehead atoms. The standard InChI is InChI=1S/C11H23N3.ClH/c1-9-11(12)4-7-14(9)8-10-2-5-13-6-3-10;/h9-11,13H,2-8,12H2,1H3;1H. The molecule has 2 aliphatic rings. The van der Waals surface area contributed by atoms with E-state index in [4.69, 9.17) is 5.73 Å². The first-order valence-electron chi connectivity index (χ1n) is 5.97. The first-order valence-corrected chi connectivity index (χ1v) is 5.97. The van der Waals surface area contributed by atoms with Crippen molar-refractivity contribution < 1.29 is 0 Å². The van der Waals surface area contributed by atoms with Crippen molar-refractivity contribution in [3.63, 3.8) is 0 Å². The highest BCUT2D eigenvalue weighted by Gasteiger charge is 2.29. The molecule has 2 unspecified atom stereocenters. The van der Waals surface area contributed by atoms with Gasteiger partial charge in [0.15, 0.2) is 0 Å². The minimum Gasteiger partial charge on any atom is -0.326 e. The summed E-state index contributed by atoms with van der Waals surface area (Å²) in [6.45, 7) is 7.18. The number of halogens is 1. The van der Waals surface area contributed by atoms with Gasteiger partial charge in [0.05, 0.1) is 0 Å². The van der Waals surface area contributed by atoms with Crippen molar-refractivity contribution in [2.45, 2.75) is 38.3 Å². The molecular weight excluding hydrogens is 210 g/mol. The van der Waals surface area contributed by atoms with Crippen LogP contribution in [-0.2, 0) is 0 Å². The summed E-state index contributed by atoms with van der Waals surface area (Å²) >= 11 is 0. The molecule has 2 atom stereocenters. The van der Waals surface area contributed by atoms with E-state index in [2.05, 4.69) is 17.1 Å². The molecule has 0 amide bonds. The Morgan fingerprint density at radius 3 is 2.47 bits per heavy atom. The third-order valence-electron chi connectivity index (χ3n) is 3.90. The van der Waals surface area contributed by atoms with Crippen LogP contribution in [0.4, 0.5) is 0 Å². The summed E-state index contributed by atoms with van der Waals surface area (Å²) < 4.78 is 0.